The molecule has 1 heterocycles. The van der Waals surface area contributed by atoms with Gasteiger partial charge in [-0.15, -0.1) is 0 Å². The Bertz CT molecular complexity index is 326. The first-order chi connectivity index (χ1) is 8.71. The van der Waals surface area contributed by atoms with Crippen molar-refractivity contribution in [3.05, 3.63) is 0 Å². The third-order valence-corrected chi connectivity index (χ3v) is 3.41. The first kappa shape index (κ1) is 16.0. The summed E-state index contributed by atoms with van der Waals surface area (Å²) >= 11 is 0. The Morgan fingerprint density at radius 3 is 2.11 bits per heavy atom. The lowest BCUT2D eigenvalue weighted by molar-refractivity contribution is -0.138. The SMILES string of the molecule is CC(C)C[C@@H](NC(=O)C(C)(C)C)C(=O)N1CCCC1. The van der Waals surface area contributed by atoms with Crippen molar-refractivity contribution in [2.24, 2.45) is 11.3 Å². The van der Waals surface area contributed by atoms with Crippen molar-refractivity contribution in [2.45, 2.75) is 59.9 Å². The lowest BCUT2D eigenvalue weighted by atomic mass is 9.94. The molecule has 0 aromatic heterocycles. The van der Waals surface area contributed by atoms with Crippen LogP contribution in [0.1, 0.15) is 53.9 Å². The van der Waals surface area contributed by atoms with E-state index in [0.717, 1.165) is 25.9 Å². The minimum Gasteiger partial charge on any atom is -0.344 e. The van der Waals surface area contributed by atoms with Gasteiger partial charge in [-0.25, -0.2) is 0 Å². The Hall–Kier alpha value is -1.06. The van der Waals surface area contributed by atoms with Crippen LogP contribution in [0.3, 0.4) is 0 Å². The van der Waals surface area contributed by atoms with Gasteiger partial charge >= 0.3 is 0 Å². The minimum atomic E-state index is -0.458. The van der Waals surface area contributed by atoms with E-state index >= 15 is 0 Å². The van der Waals surface area contributed by atoms with Crippen LogP contribution in [0.5, 0.6) is 0 Å². The van der Waals surface area contributed by atoms with Gasteiger partial charge in [0.15, 0.2) is 0 Å². The van der Waals surface area contributed by atoms with Crippen LogP contribution in [0.25, 0.3) is 0 Å². The highest BCUT2D eigenvalue weighted by Gasteiger charge is 2.31. The molecule has 1 fully saturated rings. The third kappa shape index (κ3) is 4.84. The zero-order valence-electron chi connectivity index (χ0n) is 13.0. The molecule has 4 nitrogen and oxygen atoms in total. The van der Waals surface area contributed by atoms with E-state index in [1.165, 1.54) is 0 Å². The average molecular weight is 268 g/mol. The number of rotatable bonds is 4. The van der Waals surface area contributed by atoms with Crippen LogP contribution in [-0.4, -0.2) is 35.8 Å². The topological polar surface area (TPSA) is 49.4 Å². The maximum absolute atomic E-state index is 12.5. The van der Waals surface area contributed by atoms with Gasteiger partial charge in [0.05, 0.1) is 0 Å². The molecule has 1 atom stereocenters. The second kappa shape index (κ2) is 6.40. The Balaban J connectivity index is 2.71. The fraction of sp³-hybridized carbons (Fsp3) is 0.867. The predicted molar refractivity (Wildman–Crippen MR) is 76.7 cm³/mol. The summed E-state index contributed by atoms with van der Waals surface area (Å²) in [5.41, 5.74) is -0.458. The van der Waals surface area contributed by atoms with Gasteiger partial charge in [-0.1, -0.05) is 34.6 Å². The van der Waals surface area contributed by atoms with E-state index in [-0.39, 0.29) is 17.9 Å². The fourth-order valence-electron chi connectivity index (χ4n) is 2.23. The van der Waals surface area contributed by atoms with Crippen LogP contribution in [0.4, 0.5) is 0 Å². The highest BCUT2D eigenvalue weighted by molar-refractivity contribution is 5.89. The summed E-state index contributed by atoms with van der Waals surface area (Å²) in [6.07, 6.45) is 2.86. The molecule has 1 saturated heterocycles. The molecule has 0 aliphatic carbocycles. The van der Waals surface area contributed by atoms with Crippen molar-refractivity contribution >= 4 is 11.8 Å². The molecule has 4 heteroatoms. The van der Waals surface area contributed by atoms with Crippen LogP contribution >= 0.6 is 0 Å². The maximum atomic E-state index is 12.5. The quantitative estimate of drug-likeness (QED) is 0.849. The molecule has 1 N–H and O–H groups in total. The average Bonchev–Trinajstić information content (AvgIpc) is 2.78. The van der Waals surface area contributed by atoms with Gasteiger partial charge in [-0.3, -0.25) is 9.59 Å². The number of carbonyl (C=O) groups is 2. The van der Waals surface area contributed by atoms with E-state index in [0.29, 0.717) is 12.3 Å². The predicted octanol–water partition coefficient (Wildman–Crippen LogP) is 2.19. The van der Waals surface area contributed by atoms with Gasteiger partial charge in [0, 0.05) is 18.5 Å². The number of amides is 2. The zero-order valence-corrected chi connectivity index (χ0v) is 13.0. The molecule has 0 aromatic carbocycles. The first-order valence-corrected chi connectivity index (χ1v) is 7.31. The summed E-state index contributed by atoms with van der Waals surface area (Å²) in [6.45, 7) is 11.4. The standard InChI is InChI=1S/C15H28N2O2/c1-11(2)10-12(16-14(19)15(3,4)5)13(18)17-8-6-7-9-17/h11-12H,6-10H2,1-5H3,(H,16,19)/t12-/m1/s1. The summed E-state index contributed by atoms with van der Waals surface area (Å²) in [5, 5.41) is 2.93. The van der Waals surface area contributed by atoms with Gasteiger partial charge in [0.2, 0.25) is 11.8 Å². The van der Waals surface area contributed by atoms with Gasteiger partial charge in [0.1, 0.15) is 6.04 Å². The Labute approximate surface area is 116 Å². The van der Waals surface area contributed by atoms with E-state index in [9.17, 15) is 9.59 Å². The molecule has 0 bridgehead atoms. The van der Waals surface area contributed by atoms with Crippen LogP contribution in [0, 0.1) is 11.3 Å². The number of nitrogens with one attached hydrogen (secondary N) is 1. The maximum Gasteiger partial charge on any atom is 0.245 e. The van der Waals surface area contributed by atoms with E-state index in [1.54, 1.807) is 0 Å². The largest absolute Gasteiger partial charge is 0.344 e. The molecule has 0 spiro atoms. The number of hydrogen-bond donors (Lipinski definition) is 1. The van der Waals surface area contributed by atoms with E-state index < -0.39 is 5.41 Å². The zero-order chi connectivity index (χ0) is 14.6. The summed E-state index contributed by atoms with van der Waals surface area (Å²) in [5.74, 6) is 0.423. The first-order valence-electron chi connectivity index (χ1n) is 7.31. The third-order valence-electron chi connectivity index (χ3n) is 3.41. The molecule has 0 aromatic rings. The Kier molecular flexibility index (Phi) is 5.39. The van der Waals surface area contributed by atoms with Crippen molar-refractivity contribution < 1.29 is 9.59 Å². The van der Waals surface area contributed by atoms with Crippen LogP contribution in [0.15, 0.2) is 0 Å². The van der Waals surface area contributed by atoms with Crippen molar-refractivity contribution in [1.82, 2.24) is 10.2 Å². The van der Waals surface area contributed by atoms with Gasteiger partial charge in [-0.05, 0) is 25.2 Å². The molecule has 1 aliphatic heterocycles. The fourth-order valence-corrected chi connectivity index (χ4v) is 2.23. The molecule has 19 heavy (non-hydrogen) atoms. The Morgan fingerprint density at radius 2 is 1.68 bits per heavy atom. The van der Waals surface area contributed by atoms with E-state index in [2.05, 4.69) is 19.2 Å². The smallest absolute Gasteiger partial charge is 0.245 e. The molecule has 0 radical (unpaired) electrons. The number of carbonyl (C=O) groups excluding carboxylic acids is 2. The second-order valence-electron chi connectivity index (χ2n) is 6.94. The number of hydrogen-bond acceptors (Lipinski definition) is 2. The lowest BCUT2D eigenvalue weighted by Gasteiger charge is -2.28. The molecule has 2 amide bonds. The van der Waals surface area contributed by atoms with Gasteiger partial charge in [0.25, 0.3) is 0 Å². The highest BCUT2D eigenvalue weighted by atomic mass is 16.2. The molecule has 1 rings (SSSR count). The lowest BCUT2D eigenvalue weighted by Crippen LogP contribution is -2.51. The van der Waals surface area contributed by atoms with Crippen molar-refractivity contribution in [3.63, 3.8) is 0 Å². The second-order valence-corrected chi connectivity index (χ2v) is 6.94. The van der Waals surface area contributed by atoms with Gasteiger partial charge in [-0.2, -0.15) is 0 Å². The van der Waals surface area contributed by atoms with Crippen molar-refractivity contribution in [1.29, 1.82) is 0 Å². The summed E-state index contributed by atoms with van der Waals surface area (Å²) in [6, 6.07) is -0.371. The minimum absolute atomic E-state index is 0.0503. The van der Waals surface area contributed by atoms with Gasteiger partial charge < -0.3 is 10.2 Å². The van der Waals surface area contributed by atoms with Crippen molar-refractivity contribution in [2.75, 3.05) is 13.1 Å². The molecular formula is C15H28N2O2. The van der Waals surface area contributed by atoms with Crippen LogP contribution in [-0.2, 0) is 9.59 Å². The monoisotopic (exact) mass is 268 g/mol. The number of likely N-dealkylation sites (tertiary alicyclic amines) is 1. The molecule has 1 aliphatic rings. The van der Waals surface area contributed by atoms with E-state index in [1.807, 2.05) is 25.7 Å². The highest BCUT2D eigenvalue weighted by Crippen LogP contribution is 2.17. The molecule has 0 unspecified atom stereocenters. The van der Waals surface area contributed by atoms with Crippen LogP contribution < -0.4 is 5.32 Å². The van der Waals surface area contributed by atoms with E-state index in [4.69, 9.17) is 0 Å². The molecule has 110 valence electrons. The molecular weight excluding hydrogens is 240 g/mol. The van der Waals surface area contributed by atoms with Crippen LogP contribution in [0.2, 0.25) is 0 Å². The number of nitrogens with zero attached hydrogens (tertiary/aromatic N) is 1. The summed E-state index contributed by atoms with van der Waals surface area (Å²) in [4.78, 5) is 26.4. The van der Waals surface area contributed by atoms with Crippen molar-refractivity contribution in [3.8, 4) is 0 Å². The normalized spacial score (nSPS) is 17.7. The summed E-state index contributed by atoms with van der Waals surface area (Å²) < 4.78 is 0. The summed E-state index contributed by atoms with van der Waals surface area (Å²) in [7, 11) is 0. The molecule has 0 saturated carbocycles. The Morgan fingerprint density at radius 1 is 1.16 bits per heavy atom.